The van der Waals surface area contributed by atoms with Gasteiger partial charge in [0, 0.05) is 5.92 Å². The Bertz CT molecular complexity index is 588. The van der Waals surface area contributed by atoms with E-state index in [0.717, 1.165) is 24.2 Å². The SMILES string of the molecule is CONC(=O)c1cc(C2CC2)nn1-c1ccccc1. The van der Waals surface area contributed by atoms with Gasteiger partial charge in [-0.05, 0) is 31.0 Å². The minimum Gasteiger partial charge on any atom is -0.277 e. The molecule has 1 fully saturated rings. The maximum absolute atomic E-state index is 12.0. The molecule has 19 heavy (non-hydrogen) atoms. The van der Waals surface area contributed by atoms with Crippen molar-refractivity contribution in [3.63, 3.8) is 0 Å². The monoisotopic (exact) mass is 257 g/mol. The fourth-order valence-corrected chi connectivity index (χ4v) is 2.05. The molecule has 0 atom stereocenters. The summed E-state index contributed by atoms with van der Waals surface area (Å²) in [7, 11) is 1.42. The molecular weight excluding hydrogens is 242 g/mol. The summed E-state index contributed by atoms with van der Waals surface area (Å²) in [6.07, 6.45) is 2.30. The van der Waals surface area contributed by atoms with Crippen LogP contribution in [0.4, 0.5) is 0 Å². The third kappa shape index (κ3) is 2.37. The average Bonchev–Trinajstić information content (AvgIpc) is 3.19. The van der Waals surface area contributed by atoms with Gasteiger partial charge in [0.1, 0.15) is 5.69 Å². The zero-order valence-electron chi connectivity index (χ0n) is 10.7. The first-order chi connectivity index (χ1) is 9.29. The van der Waals surface area contributed by atoms with Crippen LogP contribution in [0.1, 0.15) is 34.9 Å². The molecule has 0 spiro atoms. The van der Waals surface area contributed by atoms with Gasteiger partial charge >= 0.3 is 0 Å². The molecule has 0 radical (unpaired) electrons. The first kappa shape index (κ1) is 11.9. The fraction of sp³-hybridized carbons (Fsp3) is 0.286. The maximum atomic E-state index is 12.0. The summed E-state index contributed by atoms with van der Waals surface area (Å²) in [6.45, 7) is 0. The largest absolute Gasteiger partial charge is 0.293 e. The van der Waals surface area contributed by atoms with E-state index in [-0.39, 0.29) is 5.91 Å². The van der Waals surface area contributed by atoms with Crippen LogP contribution in [-0.4, -0.2) is 22.8 Å². The van der Waals surface area contributed by atoms with E-state index in [9.17, 15) is 4.79 Å². The molecule has 3 rings (SSSR count). The summed E-state index contributed by atoms with van der Waals surface area (Å²) in [5.41, 5.74) is 4.69. The molecule has 1 aromatic heterocycles. The lowest BCUT2D eigenvalue weighted by molar-refractivity contribution is 0.0529. The number of hydrogen-bond donors (Lipinski definition) is 1. The van der Waals surface area contributed by atoms with Crippen LogP contribution >= 0.6 is 0 Å². The number of amides is 1. The highest BCUT2D eigenvalue weighted by Crippen LogP contribution is 2.39. The number of hydroxylamine groups is 1. The molecular formula is C14H15N3O2. The minimum absolute atomic E-state index is 0.286. The summed E-state index contributed by atoms with van der Waals surface area (Å²) in [6, 6.07) is 11.5. The minimum atomic E-state index is -0.286. The zero-order valence-corrected chi connectivity index (χ0v) is 10.7. The maximum Gasteiger partial charge on any atom is 0.293 e. The van der Waals surface area contributed by atoms with E-state index in [2.05, 4.69) is 10.6 Å². The molecule has 0 bridgehead atoms. The lowest BCUT2D eigenvalue weighted by atomic mass is 10.2. The van der Waals surface area contributed by atoms with Crippen molar-refractivity contribution < 1.29 is 9.63 Å². The smallest absolute Gasteiger partial charge is 0.277 e. The molecule has 1 aromatic carbocycles. The molecule has 0 aliphatic heterocycles. The third-order valence-electron chi connectivity index (χ3n) is 3.15. The number of para-hydroxylation sites is 1. The van der Waals surface area contributed by atoms with Crippen molar-refractivity contribution in [3.05, 3.63) is 47.8 Å². The molecule has 0 saturated heterocycles. The second kappa shape index (κ2) is 4.85. The second-order valence-electron chi connectivity index (χ2n) is 4.61. The molecule has 98 valence electrons. The van der Waals surface area contributed by atoms with Crippen molar-refractivity contribution in [2.45, 2.75) is 18.8 Å². The van der Waals surface area contributed by atoms with Crippen molar-refractivity contribution in [2.24, 2.45) is 0 Å². The predicted molar refractivity (Wildman–Crippen MR) is 70.0 cm³/mol. The van der Waals surface area contributed by atoms with E-state index in [1.165, 1.54) is 7.11 Å². The fourth-order valence-electron chi connectivity index (χ4n) is 2.05. The van der Waals surface area contributed by atoms with Gasteiger partial charge in [0.15, 0.2) is 0 Å². The van der Waals surface area contributed by atoms with Gasteiger partial charge in [0.2, 0.25) is 0 Å². The lowest BCUT2D eigenvalue weighted by Gasteiger charge is -2.06. The van der Waals surface area contributed by atoms with E-state index < -0.39 is 0 Å². The predicted octanol–water partition coefficient (Wildman–Crippen LogP) is 2.04. The number of aromatic nitrogens is 2. The van der Waals surface area contributed by atoms with Gasteiger partial charge in [-0.3, -0.25) is 9.63 Å². The molecule has 1 aliphatic carbocycles. The number of benzene rings is 1. The lowest BCUT2D eigenvalue weighted by Crippen LogP contribution is -2.24. The van der Waals surface area contributed by atoms with Gasteiger partial charge in [-0.2, -0.15) is 5.10 Å². The van der Waals surface area contributed by atoms with Crippen LogP contribution in [0, 0.1) is 0 Å². The molecule has 1 saturated carbocycles. The third-order valence-corrected chi connectivity index (χ3v) is 3.15. The average molecular weight is 257 g/mol. The molecule has 0 unspecified atom stereocenters. The topological polar surface area (TPSA) is 56.1 Å². The number of nitrogens with zero attached hydrogens (tertiary/aromatic N) is 2. The first-order valence-corrected chi connectivity index (χ1v) is 6.28. The van der Waals surface area contributed by atoms with Gasteiger partial charge in [-0.25, -0.2) is 10.2 Å². The summed E-state index contributed by atoms with van der Waals surface area (Å²) >= 11 is 0. The van der Waals surface area contributed by atoms with Crippen LogP contribution in [0.25, 0.3) is 5.69 Å². The Kier molecular flexibility index (Phi) is 3.05. The number of carbonyl (C=O) groups is 1. The quantitative estimate of drug-likeness (QED) is 0.853. The number of rotatable bonds is 4. The number of hydrogen-bond acceptors (Lipinski definition) is 3. The highest BCUT2D eigenvalue weighted by atomic mass is 16.6. The van der Waals surface area contributed by atoms with Crippen LogP contribution in [0.15, 0.2) is 36.4 Å². The van der Waals surface area contributed by atoms with Crippen LogP contribution in [0.3, 0.4) is 0 Å². The molecule has 2 aromatic rings. The van der Waals surface area contributed by atoms with E-state index in [4.69, 9.17) is 4.84 Å². The summed E-state index contributed by atoms with van der Waals surface area (Å²) < 4.78 is 1.67. The van der Waals surface area contributed by atoms with Crippen LogP contribution in [0.2, 0.25) is 0 Å². The molecule has 5 nitrogen and oxygen atoms in total. The zero-order chi connectivity index (χ0) is 13.2. The van der Waals surface area contributed by atoms with Crippen LogP contribution in [-0.2, 0) is 4.84 Å². The Morgan fingerprint density at radius 1 is 1.37 bits per heavy atom. The van der Waals surface area contributed by atoms with Gasteiger partial charge in [0.25, 0.3) is 5.91 Å². The highest BCUT2D eigenvalue weighted by Gasteiger charge is 2.29. The standard InChI is InChI=1S/C14H15N3O2/c1-19-16-14(18)13-9-12(10-7-8-10)15-17(13)11-5-3-2-4-6-11/h2-6,9-10H,7-8H2,1H3,(H,16,18). The molecule has 1 N–H and O–H groups in total. The Labute approximate surface area is 111 Å². The Balaban J connectivity index is 2.03. The first-order valence-electron chi connectivity index (χ1n) is 6.28. The summed E-state index contributed by atoms with van der Waals surface area (Å²) in [4.78, 5) is 16.7. The Hall–Kier alpha value is -2.14. The Morgan fingerprint density at radius 2 is 2.11 bits per heavy atom. The molecule has 1 heterocycles. The van der Waals surface area contributed by atoms with E-state index in [1.807, 2.05) is 36.4 Å². The van der Waals surface area contributed by atoms with Crippen molar-refractivity contribution in [3.8, 4) is 5.69 Å². The number of carbonyl (C=O) groups excluding carboxylic acids is 1. The Morgan fingerprint density at radius 3 is 2.74 bits per heavy atom. The van der Waals surface area contributed by atoms with Gasteiger partial charge in [0.05, 0.1) is 18.5 Å². The molecule has 1 amide bonds. The normalized spacial score (nSPS) is 14.4. The molecule has 1 aliphatic rings. The van der Waals surface area contributed by atoms with Crippen LogP contribution < -0.4 is 5.48 Å². The summed E-state index contributed by atoms with van der Waals surface area (Å²) in [5.74, 6) is 0.213. The summed E-state index contributed by atoms with van der Waals surface area (Å²) in [5, 5.41) is 4.55. The van der Waals surface area contributed by atoms with Gasteiger partial charge < -0.3 is 0 Å². The van der Waals surface area contributed by atoms with Crippen LogP contribution in [0.5, 0.6) is 0 Å². The van der Waals surface area contributed by atoms with Crippen molar-refractivity contribution in [1.29, 1.82) is 0 Å². The molecule has 5 heteroatoms. The highest BCUT2D eigenvalue weighted by molar-refractivity contribution is 5.92. The number of nitrogens with one attached hydrogen (secondary N) is 1. The van der Waals surface area contributed by atoms with Crippen molar-refractivity contribution >= 4 is 5.91 Å². The van der Waals surface area contributed by atoms with E-state index in [0.29, 0.717) is 11.6 Å². The van der Waals surface area contributed by atoms with Gasteiger partial charge in [-0.15, -0.1) is 0 Å². The van der Waals surface area contributed by atoms with Gasteiger partial charge in [-0.1, -0.05) is 18.2 Å². The van der Waals surface area contributed by atoms with Crippen molar-refractivity contribution in [2.75, 3.05) is 7.11 Å². The second-order valence-corrected chi connectivity index (χ2v) is 4.61. The van der Waals surface area contributed by atoms with E-state index in [1.54, 1.807) is 4.68 Å². The van der Waals surface area contributed by atoms with E-state index >= 15 is 0 Å². The van der Waals surface area contributed by atoms with Crippen molar-refractivity contribution in [1.82, 2.24) is 15.3 Å².